The summed E-state index contributed by atoms with van der Waals surface area (Å²) in [4.78, 5) is 17.5. The van der Waals surface area contributed by atoms with Crippen LogP contribution in [-0.2, 0) is 10.2 Å². The van der Waals surface area contributed by atoms with Crippen molar-refractivity contribution < 1.29 is 9.90 Å². The molecule has 0 aromatic heterocycles. The Bertz CT molecular complexity index is 562. The van der Waals surface area contributed by atoms with E-state index in [1.807, 2.05) is 18.2 Å². The highest BCUT2D eigenvalue weighted by Crippen LogP contribution is 2.49. The Labute approximate surface area is 138 Å². The standard InChI is InChI=1S/C19H26N2O2/c22-17-8-4-7-16(17)20-11-13-21(14-12-20)18(23)19(9-10-19)15-5-2-1-3-6-15/h1-3,5-6,16-17,22H,4,7-14H2/t16-,17-/m0/s1. The van der Waals surface area contributed by atoms with E-state index in [2.05, 4.69) is 21.9 Å². The van der Waals surface area contributed by atoms with Gasteiger partial charge in [0.05, 0.1) is 11.5 Å². The van der Waals surface area contributed by atoms with Crippen molar-refractivity contribution in [1.29, 1.82) is 0 Å². The Morgan fingerprint density at radius 1 is 1.04 bits per heavy atom. The molecule has 1 heterocycles. The summed E-state index contributed by atoms with van der Waals surface area (Å²) in [6.45, 7) is 3.41. The highest BCUT2D eigenvalue weighted by Gasteiger charge is 2.53. The molecule has 4 rings (SSSR count). The zero-order chi connectivity index (χ0) is 15.9. The fourth-order valence-corrected chi connectivity index (χ4v) is 4.41. The maximum Gasteiger partial charge on any atom is 0.233 e. The van der Waals surface area contributed by atoms with E-state index in [0.717, 1.165) is 58.3 Å². The molecule has 1 N–H and O–H groups in total. The van der Waals surface area contributed by atoms with Gasteiger partial charge in [-0.2, -0.15) is 0 Å². The first-order valence-electron chi connectivity index (χ1n) is 8.98. The van der Waals surface area contributed by atoms with Crippen LogP contribution in [0.4, 0.5) is 0 Å². The second-order valence-corrected chi connectivity index (χ2v) is 7.34. The lowest BCUT2D eigenvalue weighted by Gasteiger charge is -2.40. The molecule has 0 spiro atoms. The Balaban J connectivity index is 1.40. The molecule has 1 amide bonds. The topological polar surface area (TPSA) is 43.8 Å². The molecule has 1 aromatic carbocycles. The van der Waals surface area contributed by atoms with Crippen LogP contribution in [0.3, 0.4) is 0 Å². The van der Waals surface area contributed by atoms with Gasteiger partial charge >= 0.3 is 0 Å². The zero-order valence-corrected chi connectivity index (χ0v) is 13.7. The van der Waals surface area contributed by atoms with Crippen LogP contribution >= 0.6 is 0 Å². The molecule has 3 fully saturated rings. The molecule has 4 nitrogen and oxygen atoms in total. The van der Waals surface area contributed by atoms with Crippen LogP contribution in [0.5, 0.6) is 0 Å². The second kappa shape index (κ2) is 5.91. The molecule has 0 bridgehead atoms. The van der Waals surface area contributed by atoms with Gasteiger partial charge in [0.25, 0.3) is 0 Å². The van der Waals surface area contributed by atoms with Crippen LogP contribution in [0.1, 0.15) is 37.7 Å². The third-order valence-corrected chi connectivity index (χ3v) is 6.00. The van der Waals surface area contributed by atoms with Crippen molar-refractivity contribution in [2.24, 2.45) is 0 Å². The molecular formula is C19H26N2O2. The summed E-state index contributed by atoms with van der Waals surface area (Å²) in [6, 6.07) is 10.6. The highest BCUT2D eigenvalue weighted by atomic mass is 16.3. The fraction of sp³-hybridized carbons (Fsp3) is 0.632. The first-order valence-corrected chi connectivity index (χ1v) is 8.98. The SMILES string of the molecule is O=C(N1CCN([C@H]2CCC[C@@H]2O)CC1)C1(c2ccccc2)CC1. The van der Waals surface area contributed by atoms with Gasteiger partial charge in [0.2, 0.25) is 5.91 Å². The monoisotopic (exact) mass is 314 g/mol. The molecule has 2 saturated carbocycles. The van der Waals surface area contributed by atoms with Gasteiger partial charge in [0, 0.05) is 32.2 Å². The number of benzene rings is 1. The number of amides is 1. The third kappa shape index (κ3) is 2.68. The number of nitrogens with zero attached hydrogens (tertiary/aromatic N) is 2. The second-order valence-electron chi connectivity index (χ2n) is 7.34. The Morgan fingerprint density at radius 3 is 2.30 bits per heavy atom. The van der Waals surface area contributed by atoms with Gasteiger partial charge in [-0.25, -0.2) is 0 Å². The molecular weight excluding hydrogens is 288 g/mol. The molecule has 1 aromatic rings. The molecule has 2 atom stereocenters. The Kier molecular flexibility index (Phi) is 3.90. The van der Waals surface area contributed by atoms with Crippen molar-refractivity contribution in [2.75, 3.05) is 26.2 Å². The van der Waals surface area contributed by atoms with E-state index in [1.54, 1.807) is 0 Å². The fourth-order valence-electron chi connectivity index (χ4n) is 4.41. The summed E-state index contributed by atoms with van der Waals surface area (Å²) >= 11 is 0. The van der Waals surface area contributed by atoms with Crippen molar-refractivity contribution in [3.63, 3.8) is 0 Å². The van der Waals surface area contributed by atoms with Crippen molar-refractivity contribution in [2.45, 2.75) is 49.7 Å². The number of carbonyl (C=O) groups is 1. The van der Waals surface area contributed by atoms with Crippen LogP contribution in [0, 0.1) is 0 Å². The van der Waals surface area contributed by atoms with Crippen molar-refractivity contribution in [3.8, 4) is 0 Å². The van der Waals surface area contributed by atoms with Gasteiger partial charge in [-0.3, -0.25) is 9.69 Å². The molecule has 0 unspecified atom stereocenters. The maximum absolute atomic E-state index is 13.0. The average molecular weight is 314 g/mol. The first-order chi connectivity index (χ1) is 11.2. The van der Waals surface area contributed by atoms with E-state index in [9.17, 15) is 9.90 Å². The van der Waals surface area contributed by atoms with Crippen LogP contribution in [0.15, 0.2) is 30.3 Å². The largest absolute Gasteiger partial charge is 0.391 e. The molecule has 2 aliphatic carbocycles. The van der Waals surface area contributed by atoms with Crippen LogP contribution < -0.4 is 0 Å². The van der Waals surface area contributed by atoms with Crippen LogP contribution in [0.25, 0.3) is 0 Å². The van der Waals surface area contributed by atoms with Gasteiger partial charge in [0.15, 0.2) is 0 Å². The average Bonchev–Trinajstić information content (AvgIpc) is 3.31. The minimum absolute atomic E-state index is 0.170. The minimum atomic E-state index is -0.240. The van der Waals surface area contributed by atoms with E-state index in [-0.39, 0.29) is 11.5 Å². The lowest BCUT2D eigenvalue weighted by atomic mass is 9.94. The lowest BCUT2D eigenvalue weighted by Crippen LogP contribution is -2.55. The van der Waals surface area contributed by atoms with Gasteiger partial charge in [-0.05, 0) is 37.7 Å². The zero-order valence-electron chi connectivity index (χ0n) is 13.7. The molecule has 23 heavy (non-hydrogen) atoms. The lowest BCUT2D eigenvalue weighted by molar-refractivity contribution is -0.136. The molecule has 124 valence electrons. The van der Waals surface area contributed by atoms with E-state index in [0.29, 0.717) is 11.9 Å². The van der Waals surface area contributed by atoms with Crippen molar-refractivity contribution in [1.82, 2.24) is 9.80 Å². The first kappa shape index (κ1) is 15.2. The normalized spacial score (nSPS) is 30.4. The predicted molar refractivity (Wildman–Crippen MR) is 89.2 cm³/mol. The summed E-state index contributed by atoms with van der Waals surface area (Å²) in [5.74, 6) is 0.315. The molecule has 1 aliphatic heterocycles. The summed E-state index contributed by atoms with van der Waals surface area (Å²) < 4.78 is 0. The highest BCUT2D eigenvalue weighted by molar-refractivity contribution is 5.91. The number of aliphatic hydroxyl groups excluding tert-OH is 1. The Morgan fingerprint density at radius 2 is 1.74 bits per heavy atom. The van der Waals surface area contributed by atoms with E-state index in [1.165, 1.54) is 5.56 Å². The van der Waals surface area contributed by atoms with Crippen LogP contribution in [-0.4, -0.2) is 59.1 Å². The van der Waals surface area contributed by atoms with E-state index in [4.69, 9.17) is 0 Å². The van der Waals surface area contributed by atoms with Gasteiger partial charge in [-0.1, -0.05) is 30.3 Å². The quantitative estimate of drug-likeness (QED) is 0.925. The van der Waals surface area contributed by atoms with Gasteiger partial charge in [-0.15, -0.1) is 0 Å². The number of aliphatic hydroxyl groups is 1. The van der Waals surface area contributed by atoms with E-state index >= 15 is 0 Å². The van der Waals surface area contributed by atoms with Gasteiger partial charge in [0.1, 0.15) is 0 Å². The Hall–Kier alpha value is -1.39. The van der Waals surface area contributed by atoms with E-state index < -0.39 is 0 Å². The molecule has 4 heteroatoms. The number of hydrogen-bond acceptors (Lipinski definition) is 3. The number of hydrogen-bond donors (Lipinski definition) is 1. The number of carbonyl (C=O) groups excluding carboxylic acids is 1. The summed E-state index contributed by atoms with van der Waals surface area (Å²) in [5, 5.41) is 10.1. The third-order valence-electron chi connectivity index (χ3n) is 6.00. The number of rotatable bonds is 3. The van der Waals surface area contributed by atoms with Crippen LogP contribution in [0.2, 0.25) is 0 Å². The van der Waals surface area contributed by atoms with Crippen molar-refractivity contribution >= 4 is 5.91 Å². The maximum atomic E-state index is 13.0. The number of piperazine rings is 1. The summed E-state index contributed by atoms with van der Waals surface area (Å²) in [7, 11) is 0. The smallest absolute Gasteiger partial charge is 0.233 e. The van der Waals surface area contributed by atoms with Gasteiger partial charge < -0.3 is 10.0 Å². The summed E-state index contributed by atoms with van der Waals surface area (Å²) in [5.41, 5.74) is 0.940. The minimum Gasteiger partial charge on any atom is -0.391 e. The molecule has 0 radical (unpaired) electrons. The predicted octanol–water partition coefficient (Wildman–Crippen LogP) is 1.78. The molecule has 1 saturated heterocycles. The molecule has 3 aliphatic rings. The summed E-state index contributed by atoms with van der Waals surface area (Å²) in [6.07, 6.45) is 4.96. The van der Waals surface area contributed by atoms with Crippen molar-refractivity contribution in [3.05, 3.63) is 35.9 Å².